The van der Waals surface area contributed by atoms with E-state index in [4.69, 9.17) is 0 Å². The van der Waals surface area contributed by atoms with Gasteiger partial charge in [0.1, 0.15) is 5.82 Å². The summed E-state index contributed by atoms with van der Waals surface area (Å²) in [6, 6.07) is 6.37. The number of aliphatic hydroxyl groups is 1. The lowest BCUT2D eigenvalue weighted by Crippen LogP contribution is -2.41. The van der Waals surface area contributed by atoms with Crippen LogP contribution in [-0.4, -0.2) is 10.7 Å². The third kappa shape index (κ3) is 2.70. The summed E-state index contributed by atoms with van der Waals surface area (Å²) in [5, 5.41) is 10.2. The topological polar surface area (TPSA) is 20.2 Å². The minimum Gasteiger partial charge on any atom is -0.386 e. The van der Waals surface area contributed by atoms with Gasteiger partial charge in [-0.15, -0.1) is 6.58 Å². The summed E-state index contributed by atoms with van der Waals surface area (Å²) in [5.41, 5.74) is -0.276. The fourth-order valence-electron chi connectivity index (χ4n) is 1.57. The zero-order valence-corrected chi connectivity index (χ0v) is 10.1. The van der Waals surface area contributed by atoms with E-state index in [9.17, 15) is 9.50 Å². The summed E-state index contributed by atoms with van der Waals surface area (Å²) in [4.78, 5) is 0. The van der Waals surface area contributed by atoms with Gasteiger partial charge in [-0.3, -0.25) is 0 Å². The molecule has 0 bridgehead atoms. The Balaban J connectivity index is 2.88. The fraction of sp³-hybridized carbons (Fsp3) is 0.429. The lowest BCUT2D eigenvalue weighted by molar-refractivity contribution is -0.00741. The maximum atomic E-state index is 12.8. The van der Waals surface area contributed by atoms with Crippen LogP contribution in [0.5, 0.6) is 0 Å². The molecular weight excluding hydrogens is 203 g/mol. The Labute approximate surface area is 96.6 Å². The van der Waals surface area contributed by atoms with E-state index in [1.165, 1.54) is 12.1 Å². The predicted octanol–water partition coefficient (Wildman–Crippen LogP) is 3.33. The molecule has 1 nitrogen and oxygen atoms in total. The average molecular weight is 222 g/mol. The second-order valence-corrected chi connectivity index (χ2v) is 5.04. The molecule has 0 saturated carbocycles. The summed E-state index contributed by atoms with van der Waals surface area (Å²) in [7, 11) is 0. The van der Waals surface area contributed by atoms with Crippen molar-refractivity contribution in [2.45, 2.75) is 32.8 Å². The second-order valence-electron chi connectivity index (χ2n) is 5.04. The SMILES string of the molecule is C=CC(C)(O)C(C)(C)Cc1ccc(F)cc1. The van der Waals surface area contributed by atoms with Crippen LogP contribution in [0.15, 0.2) is 36.9 Å². The minimum absolute atomic E-state index is 0.239. The van der Waals surface area contributed by atoms with Gasteiger partial charge in [0.2, 0.25) is 0 Å². The van der Waals surface area contributed by atoms with Gasteiger partial charge in [0.25, 0.3) is 0 Å². The van der Waals surface area contributed by atoms with Crippen LogP contribution >= 0.6 is 0 Å². The average Bonchev–Trinajstić information content (AvgIpc) is 2.21. The molecule has 0 aliphatic heterocycles. The number of benzene rings is 1. The number of hydrogen-bond acceptors (Lipinski definition) is 1. The second kappa shape index (κ2) is 4.38. The van der Waals surface area contributed by atoms with Crippen molar-refractivity contribution in [2.75, 3.05) is 0 Å². The van der Waals surface area contributed by atoms with Gasteiger partial charge in [-0.05, 0) is 31.0 Å². The lowest BCUT2D eigenvalue weighted by atomic mass is 9.72. The van der Waals surface area contributed by atoms with Crippen LogP contribution in [-0.2, 0) is 6.42 Å². The summed E-state index contributed by atoms with van der Waals surface area (Å²) < 4.78 is 12.8. The molecule has 1 aromatic carbocycles. The fourth-order valence-corrected chi connectivity index (χ4v) is 1.57. The van der Waals surface area contributed by atoms with Crippen molar-refractivity contribution in [2.24, 2.45) is 5.41 Å². The summed E-state index contributed by atoms with van der Waals surface area (Å²) in [5.74, 6) is -0.239. The van der Waals surface area contributed by atoms with E-state index >= 15 is 0 Å². The minimum atomic E-state index is -0.943. The van der Waals surface area contributed by atoms with Crippen LogP contribution in [0.25, 0.3) is 0 Å². The molecule has 0 amide bonds. The van der Waals surface area contributed by atoms with E-state index in [-0.39, 0.29) is 11.2 Å². The van der Waals surface area contributed by atoms with Crippen molar-refractivity contribution >= 4 is 0 Å². The van der Waals surface area contributed by atoms with Crippen LogP contribution < -0.4 is 0 Å². The van der Waals surface area contributed by atoms with Gasteiger partial charge in [-0.25, -0.2) is 4.39 Å². The molecule has 0 fully saturated rings. The third-order valence-electron chi connectivity index (χ3n) is 3.33. The normalized spacial score (nSPS) is 15.6. The third-order valence-corrected chi connectivity index (χ3v) is 3.33. The zero-order valence-electron chi connectivity index (χ0n) is 10.1. The molecule has 0 aliphatic carbocycles. The maximum Gasteiger partial charge on any atom is 0.123 e. The van der Waals surface area contributed by atoms with Gasteiger partial charge < -0.3 is 5.11 Å². The predicted molar refractivity (Wildman–Crippen MR) is 64.7 cm³/mol. The Hall–Kier alpha value is -1.15. The molecule has 1 aromatic rings. The smallest absolute Gasteiger partial charge is 0.123 e. The highest BCUT2D eigenvalue weighted by molar-refractivity contribution is 5.19. The highest BCUT2D eigenvalue weighted by atomic mass is 19.1. The molecule has 1 N–H and O–H groups in total. The molecular formula is C14H19FO. The Bertz CT molecular complexity index is 363. The molecule has 0 radical (unpaired) electrons. The van der Waals surface area contributed by atoms with Crippen LogP contribution in [0.1, 0.15) is 26.3 Å². The van der Waals surface area contributed by atoms with Crippen molar-refractivity contribution in [1.29, 1.82) is 0 Å². The quantitative estimate of drug-likeness (QED) is 0.775. The molecule has 1 rings (SSSR count). The largest absolute Gasteiger partial charge is 0.386 e. The van der Waals surface area contributed by atoms with E-state index in [1.807, 2.05) is 13.8 Å². The molecule has 16 heavy (non-hydrogen) atoms. The lowest BCUT2D eigenvalue weighted by Gasteiger charge is -2.38. The van der Waals surface area contributed by atoms with E-state index in [1.54, 1.807) is 25.1 Å². The van der Waals surface area contributed by atoms with Crippen molar-refractivity contribution in [3.8, 4) is 0 Å². The molecule has 1 unspecified atom stereocenters. The number of halogens is 1. The first-order valence-electron chi connectivity index (χ1n) is 5.39. The van der Waals surface area contributed by atoms with E-state index in [0.29, 0.717) is 6.42 Å². The van der Waals surface area contributed by atoms with Crippen molar-refractivity contribution in [3.05, 3.63) is 48.3 Å². The molecule has 2 heteroatoms. The number of rotatable bonds is 4. The molecule has 88 valence electrons. The first kappa shape index (κ1) is 12.9. The van der Waals surface area contributed by atoms with Crippen molar-refractivity contribution < 1.29 is 9.50 Å². The van der Waals surface area contributed by atoms with Crippen molar-refractivity contribution in [1.82, 2.24) is 0 Å². The standard InChI is InChI=1S/C14H19FO/c1-5-14(4,16)13(2,3)10-11-6-8-12(15)9-7-11/h5-9,16H,1,10H2,2-4H3. The highest BCUT2D eigenvalue weighted by Gasteiger charge is 2.36. The zero-order chi connectivity index (χ0) is 12.4. The van der Waals surface area contributed by atoms with Gasteiger partial charge in [0.05, 0.1) is 5.60 Å². The Kier molecular flexibility index (Phi) is 3.54. The summed E-state index contributed by atoms with van der Waals surface area (Å²) >= 11 is 0. The van der Waals surface area contributed by atoms with Crippen LogP contribution in [0, 0.1) is 11.2 Å². The van der Waals surface area contributed by atoms with Crippen LogP contribution in [0.3, 0.4) is 0 Å². The van der Waals surface area contributed by atoms with Gasteiger partial charge in [0.15, 0.2) is 0 Å². The van der Waals surface area contributed by atoms with Gasteiger partial charge in [-0.2, -0.15) is 0 Å². The number of hydrogen-bond donors (Lipinski definition) is 1. The molecule has 0 heterocycles. The highest BCUT2D eigenvalue weighted by Crippen LogP contribution is 2.35. The molecule has 0 saturated heterocycles. The van der Waals surface area contributed by atoms with Gasteiger partial charge in [-0.1, -0.05) is 32.1 Å². The Morgan fingerprint density at radius 1 is 1.25 bits per heavy atom. The maximum absolute atomic E-state index is 12.8. The molecule has 0 spiro atoms. The first-order chi connectivity index (χ1) is 7.28. The van der Waals surface area contributed by atoms with E-state index in [0.717, 1.165) is 5.56 Å². The monoisotopic (exact) mass is 222 g/mol. The van der Waals surface area contributed by atoms with E-state index < -0.39 is 5.60 Å². The Morgan fingerprint density at radius 3 is 2.19 bits per heavy atom. The molecule has 0 aromatic heterocycles. The molecule has 0 aliphatic rings. The molecule has 1 atom stereocenters. The van der Waals surface area contributed by atoms with Gasteiger partial charge in [0, 0.05) is 5.41 Å². The van der Waals surface area contributed by atoms with Crippen molar-refractivity contribution in [3.63, 3.8) is 0 Å². The first-order valence-corrected chi connectivity index (χ1v) is 5.39. The van der Waals surface area contributed by atoms with Gasteiger partial charge >= 0.3 is 0 Å². The van der Waals surface area contributed by atoms with Crippen LogP contribution in [0.2, 0.25) is 0 Å². The summed E-state index contributed by atoms with van der Waals surface area (Å²) in [6.45, 7) is 9.32. The van der Waals surface area contributed by atoms with Crippen LogP contribution in [0.4, 0.5) is 4.39 Å². The Morgan fingerprint density at radius 2 is 1.75 bits per heavy atom. The summed E-state index contributed by atoms with van der Waals surface area (Å²) in [6.07, 6.45) is 2.23. The van der Waals surface area contributed by atoms with E-state index in [2.05, 4.69) is 6.58 Å².